The number of hydrogen-bond donors (Lipinski definition) is 2. The fourth-order valence-corrected chi connectivity index (χ4v) is 2.08. The second kappa shape index (κ2) is 8.53. The monoisotopic (exact) mass is 325 g/mol. The van der Waals surface area contributed by atoms with Crippen LogP contribution >= 0.6 is 0 Å². The van der Waals surface area contributed by atoms with E-state index in [1.165, 1.54) is 12.1 Å². The zero-order chi connectivity index (χ0) is 17.4. The third kappa shape index (κ3) is 5.28. The third-order valence-electron chi connectivity index (χ3n) is 3.26. The first kappa shape index (κ1) is 17.3. The van der Waals surface area contributed by atoms with Crippen LogP contribution < -0.4 is 10.1 Å². The lowest BCUT2D eigenvalue weighted by atomic mass is 10.1. The predicted molar refractivity (Wildman–Crippen MR) is 91.9 cm³/mol. The fourth-order valence-electron chi connectivity index (χ4n) is 2.08. The molecule has 24 heavy (non-hydrogen) atoms. The van der Waals surface area contributed by atoms with Gasteiger partial charge in [0.2, 0.25) is 5.91 Å². The van der Waals surface area contributed by atoms with Crippen molar-refractivity contribution in [1.29, 1.82) is 0 Å². The average molecular weight is 325 g/mol. The molecule has 2 aromatic carbocycles. The number of carboxylic acids is 1. The smallest absolute Gasteiger partial charge is 0.335 e. The molecular formula is C19H19NO4. The van der Waals surface area contributed by atoms with Crippen molar-refractivity contribution in [1.82, 2.24) is 5.32 Å². The molecule has 5 nitrogen and oxygen atoms in total. The molecule has 0 saturated heterocycles. The second-order valence-corrected chi connectivity index (χ2v) is 5.06. The van der Waals surface area contributed by atoms with E-state index in [0.29, 0.717) is 6.61 Å². The maximum atomic E-state index is 11.8. The number of carbonyl (C=O) groups is 2. The van der Waals surface area contributed by atoms with Gasteiger partial charge in [-0.2, -0.15) is 0 Å². The van der Waals surface area contributed by atoms with Gasteiger partial charge in [-0.3, -0.25) is 4.79 Å². The van der Waals surface area contributed by atoms with Crippen molar-refractivity contribution >= 4 is 18.0 Å². The molecule has 124 valence electrons. The Morgan fingerprint density at radius 1 is 1.17 bits per heavy atom. The normalized spacial score (nSPS) is 10.5. The van der Waals surface area contributed by atoms with Crippen molar-refractivity contribution in [3.8, 4) is 5.75 Å². The van der Waals surface area contributed by atoms with Gasteiger partial charge in [0.1, 0.15) is 5.75 Å². The van der Waals surface area contributed by atoms with Gasteiger partial charge >= 0.3 is 5.97 Å². The second-order valence-electron chi connectivity index (χ2n) is 5.06. The van der Waals surface area contributed by atoms with Gasteiger partial charge in [0.15, 0.2) is 0 Å². The summed E-state index contributed by atoms with van der Waals surface area (Å²) in [6.45, 7) is 2.80. The van der Waals surface area contributed by atoms with Crippen LogP contribution in [0.25, 0.3) is 6.08 Å². The summed E-state index contributed by atoms with van der Waals surface area (Å²) < 4.78 is 5.36. The minimum atomic E-state index is -0.987. The molecule has 0 atom stereocenters. The van der Waals surface area contributed by atoms with E-state index in [1.54, 1.807) is 24.3 Å². The molecular weight excluding hydrogens is 306 g/mol. The van der Waals surface area contributed by atoms with Crippen LogP contribution in [0.2, 0.25) is 0 Å². The summed E-state index contributed by atoms with van der Waals surface area (Å²) in [4.78, 5) is 22.7. The van der Waals surface area contributed by atoms with Crippen LogP contribution in [-0.4, -0.2) is 23.6 Å². The first-order valence-corrected chi connectivity index (χ1v) is 7.59. The molecule has 0 aromatic heterocycles. The molecule has 0 unspecified atom stereocenters. The molecule has 0 saturated carbocycles. The van der Waals surface area contributed by atoms with Gasteiger partial charge in [0.05, 0.1) is 12.2 Å². The predicted octanol–water partition coefficient (Wildman–Crippen LogP) is 3.11. The molecule has 0 radical (unpaired) electrons. The minimum absolute atomic E-state index is 0.201. The summed E-state index contributed by atoms with van der Waals surface area (Å²) in [5.41, 5.74) is 1.82. The maximum Gasteiger partial charge on any atom is 0.335 e. The van der Waals surface area contributed by atoms with Gasteiger partial charge in [-0.15, -0.1) is 0 Å². The number of hydrogen-bond acceptors (Lipinski definition) is 3. The van der Waals surface area contributed by atoms with Crippen molar-refractivity contribution < 1.29 is 19.4 Å². The fraction of sp³-hybridized carbons (Fsp3) is 0.158. The molecule has 2 rings (SSSR count). The SMILES string of the molecule is CCOc1ccc(/C=C/C(=O)NCc2cccc(C(=O)O)c2)cc1. The van der Waals surface area contributed by atoms with E-state index >= 15 is 0 Å². The Morgan fingerprint density at radius 2 is 1.92 bits per heavy atom. The Labute approximate surface area is 140 Å². The number of aromatic carboxylic acids is 1. The van der Waals surface area contributed by atoms with Crippen LogP contribution in [0.15, 0.2) is 54.6 Å². The van der Waals surface area contributed by atoms with Crippen LogP contribution in [0.5, 0.6) is 5.75 Å². The highest BCUT2D eigenvalue weighted by Gasteiger charge is 2.03. The Kier molecular flexibility index (Phi) is 6.14. The summed E-state index contributed by atoms with van der Waals surface area (Å²) in [7, 11) is 0. The van der Waals surface area contributed by atoms with Gasteiger partial charge in [-0.1, -0.05) is 24.3 Å². The van der Waals surface area contributed by atoms with Gasteiger partial charge in [-0.25, -0.2) is 4.79 Å². The van der Waals surface area contributed by atoms with E-state index in [1.807, 2.05) is 31.2 Å². The van der Waals surface area contributed by atoms with Crippen molar-refractivity contribution in [3.63, 3.8) is 0 Å². The minimum Gasteiger partial charge on any atom is -0.494 e. The van der Waals surface area contributed by atoms with Gasteiger partial charge in [0, 0.05) is 12.6 Å². The first-order valence-electron chi connectivity index (χ1n) is 7.59. The van der Waals surface area contributed by atoms with E-state index in [-0.39, 0.29) is 18.0 Å². The molecule has 0 aliphatic heterocycles. The molecule has 0 bridgehead atoms. The lowest BCUT2D eigenvalue weighted by molar-refractivity contribution is -0.116. The highest BCUT2D eigenvalue weighted by Crippen LogP contribution is 2.13. The van der Waals surface area contributed by atoms with E-state index < -0.39 is 5.97 Å². The zero-order valence-electron chi connectivity index (χ0n) is 13.4. The zero-order valence-corrected chi connectivity index (χ0v) is 13.4. The summed E-state index contributed by atoms with van der Waals surface area (Å²) in [6.07, 6.45) is 3.15. The number of amides is 1. The standard InChI is InChI=1S/C19H19NO4/c1-2-24-17-9-6-14(7-10-17)8-11-18(21)20-13-15-4-3-5-16(12-15)19(22)23/h3-12H,2,13H2,1H3,(H,20,21)(H,22,23)/b11-8+. The highest BCUT2D eigenvalue weighted by molar-refractivity contribution is 5.91. The molecule has 0 spiro atoms. The van der Waals surface area contributed by atoms with E-state index in [4.69, 9.17) is 9.84 Å². The summed E-state index contributed by atoms with van der Waals surface area (Å²) in [5.74, 6) is -0.444. The Balaban J connectivity index is 1.88. The molecule has 2 aromatic rings. The Hall–Kier alpha value is -3.08. The third-order valence-corrected chi connectivity index (χ3v) is 3.26. The van der Waals surface area contributed by atoms with E-state index in [9.17, 15) is 9.59 Å². The van der Waals surface area contributed by atoms with Crippen molar-refractivity contribution in [2.45, 2.75) is 13.5 Å². The van der Waals surface area contributed by atoms with Crippen LogP contribution in [-0.2, 0) is 11.3 Å². The van der Waals surface area contributed by atoms with E-state index in [2.05, 4.69) is 5.32 Å². The number of benzene rings is 2. The Bertz CT molecular complexity index is 735. The van der Waals surface area contributed by atoms with Crippen molar-refractivity contribution in [3.05, 3.63) is 71.3 Å². The van der Waals surface area contributed by atoms with Crippen molar-refractivity contribution in [2.75, 3.05) is 6.61 Å². The summed E-state index contributed by atoms with van der Waals surface area (Å²) >= 11 is 0. The molecule has 5 heteroatoms. The van der Waals surface area contributed by atoms with Gasteiger partial charge in [-0.05, 0) is 48.4 Å². The molecule has 0 heterocycles. The van der Waals surface area contributed by atoms with Crippen molar-refractivity contribution in [2.24, 2.45) is 0 Å². The van der Waals surface area contributed by atoms with E-state index in [0.717, 1.165) is 16.9 Å². The quantitative estimate of drug-likeness (QED) is 0.767. The number of rotatable bonds is 7. The topological polar surface area (TPSA) is 75.6 Å². The average Bonchev–Trinajstić information content (AvgIpc) is 2.60. The first-order chi connectivity index (χ1) is 11.6. The lowest BCUT2D eigenvalue weighted by Crippen LogP contribution is -2.20. The molecule has 0 fully saturated rings. The number of carbonyl (C=O) groups excluding carboxylic acids is 1. The molecule has 0 aliphatic rings. The number of nitrogens with one attached hydrogen (secondary N) is 1. The van der Waals surface area contributed by atoms with Crippen LogP contribution in [0.4, 0.5) is 0 Å². The Morgan fingerprint density at radius 3 is 2.58 bits per heavy atom. The number of ether oxygens (including phenoxy) is 1. The molecule has 2 N–H and O–H groups in total. The van der Waals surface area contributed by atoms with Crippen LogP contribution in [0.3, 0.4) is 0 Å². The largest absolute Gasteiger partial charge is 0.494 e. The van der Waals surface area contributed by atoms with Crippen LogP contribution in [0, 0.1) is 0 Å². The maximum absolute atomic E-state index is 11.8. The van der Waals surface area contributed by atoms with Gasteiger partial charge in [0.25, 0.3) is 0 Å². The molecule has 0 aliphatic carbocycles. The highest BCUT2D eigenvalue weighted by atomic mass is 16.5. The van der Waals surface area contributed by atoms with Gasteiger partial charge < -0.3 is 15.2 Å². The lowest BCUT2D eigenvalue weighted by Gasteiger charge is -2.04. The van der Waals surface area contributed by atoms with Crippen LogP contribution in [0.1, 0.15) is 28.4 Å². The summed E-state index contributed by atoms with van der Waals surface area (Å²) in [5, 5.41) is 11.7. The summed E-state index contributed by atoms with van der Waals surface area (Å²) in [6, 6.07) is 13.9. The molecule has 1 amide bonds. The number of carboxylic acid groups (broad SMARTS) is 1.